The average Bonchev–Trinajstić information content (AvgIpc) is 2.70. The van der Waals surface area contributed by atoms with Gasteiger partial charge in [0.05, 0.1) is 24.2 Å². The van der Waals surface area contributed by atoms with E-state index in [2.05, 4.69) is 0 Å². The van der Waals surface area contributed by atoms with Crippen molar-refractivity contribution >= 4 is 15.7 Å². The smallest absolute Gasteiger partial charge is 0.239 e. The van der Waals surface area contributed by atoms with E-state index in [1.165, 1.54) is 0 Å². The summed E-state index contributed by atoms with van der Waals surface area (Å²) in [5, 5.41) is 0. The van der Waals surface area contributed by atoms with Crippen molar-refractivity contribution in [1.29, 1.82) is 0 Å². The Hall–Kier alpha value is -0.660. The summed E-state index contributed by atoms with van der Waals surface area (Å²) in [5.41, 5.74) is 5.85. The Kier molecular flexibility index (Phi) is 6.22. The molecule has 1 amide bonds. The predicted molar refractivity (Wildman–Crippen MR) is 73.5 cm³/mol. The first-order valence-electron chi connectivity index (χ1n) is 6.66. The van der Waals surface area contributed by atoms with Gasteiger partial charge in [-0.05, 0) is 12.8 Å². The molecule has 7 heteroatoms. The zero-order valence-electron chi connectivity index (χ0n) is 11.7. The largest absolute Gasteiger partial charge is 0.383 e. The van der Waals surface area contributed by atoms with Crippen molar-refractivity contribution in [2.24, 2.45) is 5.73 Å². The average molecular weight is 292 g/mol. The highest BCUT2D eigenvalue weighted by atomic mass is 32.2. The van der Waals surface area contributed by atoms with Gasteiger partial charge in [0, 0.05) is 19.7 Å². The summed E-state index contributed by atoms with van der Waals surface area (Å²) in [5.74, 6) is 0.0275. The number of carbonyl (C=O) groups excluding carboxylic acids is 1. The first-order valence-corrected chi connectivity index (χ1v) is 8.48. The Morgan fingerprint density at radius 1 is 1.53 bits per heavy atom. The molecular weight excluding hydrogens is 268 g/mol. The second kappa shape index (κ2) is 7.21. The Bertz CT molecular complexity index is 397. The maximum Gasteiger partial charge on any atom is 0.239 e. The Morgan fingerprint density at radius 3 is 2.68 bits per heavy atom. The van der Waals surface area contributed by atoms with E-state index < -0.39 is 15.9 Å². The summed E-state index contributed by atoms with van der Waals surface area (Å²) in [4.78, 5) is 13.9. The molecule has 2 atom stereocenters. The van der Waals surface area contributed by atoms with Gasteiger partial charge in [-0.15, -0.1) is 0 Å². The minimum atomic E-state index is -3.01. The molecule has 0 aromatic heterocycles. The van der Waals surface area contributed by atoms with E-state index in [9.17, 15) is 13.2 Å². The van der Waals surface area contributed by atoms with Crippen molar-refractivity contribution in [3.8, 4) is 0 Å². The molecule has 1 aliphatic heterocycles. The number of amides is 1. The number of hydrogen-bond acceptors (Lipinski definition) is 5. The zero-order valence-corrected chi connectivity index (χ0v) is 12.5. The number of carbonyl (C=O) groups is 1. The van der Waals surface area contributed by atoms with Crippen molar-refractivity contribution in [3.05, 3.63) is 0 Å². The monoisotopic (exact) mass is 292 g/mol. The first kappa shape index (κ1) is 16.4. The van der Waals surface area contributed by atoms with E-state index in [-0.39, 0.29) is 23.5 Å². The van der Waals surface area contributed by atoms with E-state index in [1.54, 1.807) is 12.0 Å². The van der Waals surface area contributed by atoms with Crippen LogP contribution in [0.15, 0.2) is 0 Å². The van der Waals surface area contributed by atoms with Crippen molar-refractivity contribution in [3.63, 3.8) is 0 Å². The fourth-order valence-electron chi connectivity index (χ4n) is 2.33. The molecule has 1 unspecified atom stereocenters. The van der Waals surface area contributed by atoms with E-state index in [1.807, 2.05) is 6.92 Å². The maximum absolute atomic E-state index is 12.3. The number of sulfone groups is 1. The third kappa shape index (κ3) is 4.74. The van der Waals surface area contributed by atoms with Gasteiger partial charge in [-0.3, -0.25) is 4.79 Å². The van der Waals surface area contributed by atoms with Crippen LogP contribution < -0.4 is 5.73 Å². The van der Waals surface area contributed by atoms with E-state index >= 15 is 0 Å². The van der Waals surface area contributed by atoms with Crippen LogP contribution in [-0.2, 0) is 19.4 Å². The second-order valence-corrected chi connectivity index (χ2v) is 7.21. The lowest BCUT2D eigenvalue weighted by Crippen LogP contribution is -2.50. The fraction of sp³-hybridized carbons (Fsp3) is 0.917. The molecule has 2 N–H and O–H groups in total. The molecule has 1 heterocycles. The van der Waals surface area contributed by atoms with Gasteiger partial charge in [-0.1, -0.05) is 13.3 Å². The van der Waals surface area contributed by atoms with Crippen LogP contribution in [0.3, 0.4) is 0 Å². The molecule has 1 aliphatic rings. The van der Waals surface area contributed by atoms with Crippen molar-refractivity contribution in [2.75, 3.05) is 31.8 Å². The van der Waals surface area contributed by atoms with Gasteiger partial charge in [0.1, 0.15) is 0 Å². The molecule has 1 rings (SSSR count). The molecule has 112 valence electrons. The van der Waals surface area contributed by atoms with Crippen LogP contribution in [0.4, 0.5) is 0 Å². The molecule has 0 bridgehead atoms. The van der Waals surface area contributed by atoms with Crippen LogP contribution in [0.25, 0.3) is 0 Å². The Labute approximate surface area is 115 Å². The topological polar surface area (TPSA) is 89.7 Å². The van der Waals surface area contributed by atoms with Gasteiger partial charge in [0.25, 0.3) is 0 Å². The Balaban J connectivity index is 2.74. The minimum Gasteiger partial charge on any atom is -0.383 e. The quantitative estimate of drug-likeness (QED) is 0.700. The van der Waals surface area contributed by atoms with Crippen LogP contribution in [0.5, 0.6) is 0 Å². The number of hydrogen-bond donors (Lipinski definition) is 1. The summed E-state index contributed by atoms with van der Waals surface area (Å²) in [6.07, 6.45) is 1.94. The van der Waals surface area contributed by atoms with Crippen LogP contribution in [0, 0.1) is 0 Å². The Morgan fingerprint density at radius 2 is 2.21 bits per heavy atom. The van der Waals surface area contributed by atoms with E-state index in [0.29, 0.717) is 26.0 Å². The van der Waals surface area contributed by atoms with Gasteiger partial charge >= 0.3 is 0 Å². The maximum atomic E-state index is 12.3. The summed E-state index contributed by atoms with van der Waals surface area (Å²) < 4.78 is 28.1. The highest BCUT2D eigenvalue weighted by Crippen LogP contribution is 2.19. The molecule has 1 fully saturated rings. The number of nitrogens with zero attached hydrogens (tertiary/aromatic N) is 1. The lowest BCUT2D eigenvalue weighted by molar-refractivity contribution is -0.135. The molecule has 19 heavy (non-hydrogen) atoms. The minimum absolute atomic E-state index is 0.0430. The number of nitrogens with two attached hydrogens (primary N) is 1. The summed E-state index contributed by atoms with van der Waals surface area (Å²) >= 11 is 0. The van der Waals surface area contributed by atoms with Crippen molar-refractivity contribution in [2.45, 2.75) is 38.3 Å². The van der Waals surface area contributed by atoms with Crippen molar-refractivity contribution < 1.29 is 17.9 Å². The molecule has 0 aromatic carbocycles. The van der Waals surface area contributed by atoms with Crippen LogP contribution in [0.2, 0.25) is 0 Å². The van der Waals surface area contributed by atoms with Crippen LogP contribution in [0.1, 0.15) is 26.2 Å². The second-order valence-electron chi connectivity index (χ2n) is 4.98. The first-order chi connectivity index (χ1) is 8.91. The van der Waals surface area contributed by atoms with Crippen LogP contribution in [-0.4, -0.2) is 63.1 Å². The number of methoxy groups -OCH3 is 1. The zero-order chi connectivity index (χ0) is 14.5. The summed E-state index contributed by atoms with van der Waals surface area (Å²) in [6.45, 7) is 2.75. The van der Waals surface area contributed by atoms with Crippen molar-refractivity contribution in [1.82, 2.24) is 4.90 Å². The molecule has 0 spiro atoms. The van der Waals surface area contributed by atoms with Gasteiger partial charge < -0.3 is 15.4 Å². The molecule has 0 radical (unpaired) electrons. The highest BCUT2D eigenvalue weighted by molar-refractivity contribution is 7.91. The normalized spacial score (nSPS) is 23.2. The predicted octanol–water partition coefficient (Wildman–Crippen LogP) is -0.224. The molecule has 0 aliphatic carbocycles. The third-order valence-corrected chi connectivity index (χ3v) is 5.14. The lowest BCUT2D eigenvalue weighted by Gasteiger charge is -2.30. The van der Waals surface area contributed by atoms with Gasteiger partial charge in [0.2, 0.25) is 5.91 Å². The molecule has 0 aromatic rings. The summed E-state index contributed by atoms with van der Waals surface area (Å²) in [6, 6.07) is -0.805. The number of rotatable bonds is 7. The van der Waals surface area contributed by atoms with Gasteiger partial charge in [-0.25, -0.2) is 8.42 Å². The summed E-state index contributed by atoms with van der Waals surface area (Å²) in [7, 11) is -1.46. The van der Waals surface area contributed by atoms with E-state index in [0.717, 1.165) is 6.42 Å². The SMILES string of the molecule is CCC[C@@H](N)C(=O)N(CCOC)C1CCS(=O)(=O)C1. The molecular formula is C12H24N2O4S. The van der Waals surface area contributed by atoms with Gasteiger partial charge in [-0.2, -0.15) is 0 Å². The van der Waals surface area contributed by atoms with E-state index in [4.69, 9.17) is 10.5 Å². The van der Waals surface area contributed by atoms with Gasteiger partial charge in [0.15, 0.2) is 9.84 Å². The molecule has 6 nitrogen and oxygen atoms in total. The third-order valence-electron chi connectivity index (χ3n) is 3.39. The van der Waals surface area contributed by atoms with Crippen LogP contribution >= 0.6 is 0 Å². The standard InChI is InChI=1S/C12H24N2O4S/c1-3-4-11(13)12(15)14(6-7-18-2)10-5-8-19(16,17)9-10/h10-11H,3-9,13H2,1-2H3/t10?,11-/m1/s1. The molecule has 1 saturated heterocycles. The number of ether oxygens (including phenoxy) is 1. The lowest BCUT2D eigenvalue weighted by atomic mass is 10.1. The molecule has 0 saturated carbocycles. The highest BCUT2D eigenvalue weighted by Gasteiger charge is 2.35. The fourth-order valence-corrected chi connectivity index (χ4v) is 4.06.